The van der Waals surface area contributed by atoms with Crippen molar-refractivity contribution in [2.75, 3.05) is 6.54 Å². The van der Waals surface area contributed by atoms with Gasteiger partial charge < -0.3 is 25.1 Å². The average molecular weight is 671 g/mol. The van der Waals surface area contributed by atoms with Crippen molar-refractivity contribution in [1.82, 2.24) is 4.90 Å². The minimum absolute atomic E-state index is 0. The quantitative estimate of drug-likeness (QED) is 0.131. The normalized spacial score (nSPS) is 16.3. The van der Waals surface area contributed by atoms with Crippen LogP contribution in [0, 0.1) is 0 Å². The third kappa shape index (κ3) is 8.43. The molecule has 1 fully saturated rings. The van der Waals surface area contributed by atoms with Gasteiger partial charge in [0, 0.05) is 34.2 Å². The summed E-state index contributed by atoms with van der Waals surface area (Å²) in [7, 11) is 0. The minimum Gasteiger partial charge on any atom is -0.625 e. The number of carbonyl (C=O) groups excluding carboxylic acids is 1. The number of aliphatic imine (C=N–C) groups is 1. The molecule has 0 aliphatic carbocycles. The van der Waals surface area contributed by atoms with Crippen molar-refractivity contribution in [3.63, 3.8) is 0 Å². The molecular formula is C35H32F2N3NiO5-. The van der Waals surface area contributed by atoms with Crippen LogP contribution in [-0.4, -0.2) is 57.9 Å². The third-order valence-corrected chi connectivity index (χ3v) is 7.59. The fraction of sp³-hybridized carbons (Fsp3) is 0.229. The molecule has 0 spiro atoms. The zero-order valence-electron chi connectivity index (χ0n) is 24.6. The number of hydrogen-bond acceptors (Lipinski definition) is 6. The smallest absolute Gasteiger partial charge is 0.387 e. The second kappa shape index (κ2) is 16.2. The van der Waals surface area contributed by atoms with Gasteiger partial charge >= 0.3 is 12.6 Å². The maximum absolute atomic E-state index is 13.6. The Bertz CT molecular complexity index is 1640. The molecule has 1 amide bonds. The summed E-state index contributed by atoms with van der Waals surface area (Å²) in [4.78, 5) is 32.7. The minimum atomic E-state index is -3.18. The number of halogens is 2. The number of aliphatic hydroxyl groups is 1. The van der Waals surface area contributed by atoms with Gasteiger partial charge in [-0.2, -0.15) is 8.78 Å². The molecule has 1 aliphatic heterocycles. The summed E-state index contributed by atoms with van der Waals surface area (Å²) >= 11 is 0. The summed E-state index contributed by atoms with van der Waals surface area (Å²) in [6.07, 6.45) is -0.330. The molecule has 5 rings (SSSR count). The molecule has 0 unspecified atom stereocenters. The Labute approximate surface area is 275 Å². The van der Waals surface area contributed by atoms with Gasteiger partial charge in [0.1, 0.15) is 11.9 Å². The molecule has 11 heteroatoms. The molecule has 8 nitrogen and oxygen atoms in total. The summed E-state index contributed by atoms with van der Waals surface area (Å²) in [5.74, 6) is -2.17. The molecule has 4 aromatic rings. The number of rotatable bonds is 12. The molecule has 0 saturated carbocycles. The molecule has 4 aromatic carbocycles. The first-order chi connectivity index (χ1) is 21.8. The molecule has 1 aliphatic rings. The van der Waals surface area contributed by atoms with Crippen LogP contribution in [0.25, 0.3) is 5.32 Å². The number of carboxylic acid groups (broad SMARTS) is 1. The van der Waals surface area contributed by atoms with E-state index in [4.69, 9.17) is 0 Å². The third-order valence-electron chi connectivity index (χ3n) is 7.59. The molecule has 242 valence electrons. The Balaban J connectivity index is 0.00000480. The fourth-order valence-corrected chi connectivity index (χ4v) is 5.47. The van der Waals surface area contributed by atoms with Gasteiger partial charge in [0.05, 0.1) is 17.7 Å². The Hall–Kier alpha value is -4.44. The van der Waals surface area contributed by atoms with E-state index in [0.717, 1.165) is 18.5 Å². The van der Waals surface area contributed by atoms with Crippen molar-refractivity contribution in [2.24, 2.45) is 4.99 Å². The van der Waals surface area contributed by atoms with Gasteiger partial charge in [-0.15, -0.1) is 5.69 Å². The molecule has 3 atom stereocenters. The molecule has 2 N–H and O–H groups in total. The van der Waals surface area contributed by atoms with Crippen molar-refractivity contribution in [2.45, 2.75) is 44.2 Å². The van der Waals surface area contributed by atoms with Crippen molar-refractivity contribution >= 4 is 23.3 Å². The molecule has 0 radical (unpaired) electrons. The number of carbonyl (C=O) groups is 2. The van der Waals surface area contributed by atoms with Crippen LogP contribution in [0.3, 0.4) is 0 Å². The summed E-state index contributed by atoms with van der Waals surface area (Å²) < 4.78 is 30.7. The van der Waals surface area contributed by atoms with Crippen molar-refractivity contribution in [1.29, 1.82) is 0 Å². The monoisotopic (exact) mass is 670 g/mol. The van der Waals surface area contributed by atoms with Gasteiger partial charge in [-0.25, -0.2) is 4.79 Å². The van der Waals surface area contributed by atoms with Gasteiger partial charge in [0.15, 0.2) is 6.04 Å². The van der Waals surface area contributed by atoms with E-state index in [0.29, 0.717) is 24.1 Å². The zero-order valence-corrected chi connectivity index (χ0v) is 25.6. The van der Waals surface area contributed by atoms with E-state index in [1.807, 2.05) is 30.3 Å². The first-order valence-electron chi connectivity index (χ1n) is 14.5. The van der Waals surface area contributed by atoms with Crippen LogP contribution < -0.4 is 4.74 Å². The number of para-hydroxylation sites is 2. The summed E-state index contributed by atoms with van der Waals surface area (Å²) in [5.41, 5.74) is 2.27. The van der Waals surface area contributed by atoms with E-state index in [2.05, 4.69) is 19.9 Å². The molecule has 46 heavy (non-hydrogen) atoms. The van der Waals surface area contributed by atoms with Crippen LogP contribution >= 0.6 is 0 Å². The van der Waals surface area contributed by atoms with Crippen LogP contribution in [0.15, 0.2) is 114 Å². The molecule has 0 aromatic heterocycles. The van der Waals surface area contributed by atoms with E-state index in [1.54, 1.807) is 54.6 Å². The van der Waals surface area contributed by atoms with E-state index >= 15 is 0 Å². The fourth-order valence-electron chi connectivity index (χ4n) is 5.47. The maximum Gasteiger partial charge on any atom is 0.387 e. The van der Waals surface area contributed by atoms with Crippen molar-refractivity contribution in [3.05, 3.63) is 137 Å². The number of aliphatic carboxylic acids is 1. The topological polar surface area (TPSA) is 114 Å². The average Bonchev–Trinajstić information content (AvgIpc) is 3.51. The number of likely N-dealkylation sites (tertiary alicyclic amines) is 1. The Morgan fingerprint density at radius 1 is 0.913 bits per heavy atom. The van der Waals surface area contributed by atoms with Crippen LogP contribution in [0.2, 0.25) is 0 Å². The van der Waals surface area contributed by atoms with E-state index in [1.165, 1.54) is 24.3 Å². The number of aliphatic hydroxyl groups excluding tert-OH is 1. The molecule has 1 saturated heterocycles. The molecule has 0 bridgehead atoms. The van der Waals surface area contributed by atoms with E-state index in [9.17, 15) is 28.6 Å². The number of amides is 1. The van der Waals surface area contributed by atoms with Crippen LogP contribution in [0.5, 0.6) is 5.75 Å². The molecular weight excluding hydrogens is 639 g/mol. The Morgan fingerprint density at radius 3 is 2.24 bits per heavy atom. The standard InChI is InChI=1S/C35H33F2N3O5.Ni/c36-35(37)45-29-20-10-8-17-26(29)32(41)31(34(43)44)39-30(24-14-5-2-6-15-24)25-16-7-9-18-27(25)38-33(42)28-19-11-21-40(28)22-23-12-3-1-4-13-23;/h1-10,12-18,20,28,31-32,35,41H,11,19,21-22H2,(H2,38,39,42,43,44);/p-1/t28-,31+,32+;/m0./s1. The zero-order chi connectivity index (χ0) is 31.8. The van der Waals surface area contributed by atoms with E-state index in [-0.39, 0.29) is 45.1 Å². The van der Waals surface area contributed by atoms with E-state index < -0.39 is 30.8 Å². The summed E-state index contributed by atoms with van der Waals surface area (Å²) in [6, 6.07) is 28.5. The Morgan fingerprint density at radius 2 is 1.54 bits per heavy atom. The van der Waals surface area contributed by atoms with Gasteiger partial charge in [-0.1, -0.05) is 103 Å². The van der Waals surface area contributed by atoms with Gasteiger partial charge in [-0.05, 0) is 36.6 Å². The largest absolute Gasteiger partial charge is 0.625 e. The van der Waals surface area contributed by atoms with Gasteiger partial charge in [-0.3, -0.25) is 9.89 Å². The number of hydrogen-bond donors (Lipinski definition) is 2. The maximum atomic E-state index is 13.6. The SMILES string of the molecule is O=C(O)[C@H](N=C(c1ccccc1)c1ccccc1[N-]C(=O)[C@@H]1CCCN1Cc1ccccc1)[C@H](O)c1ccccc1OC(F)F.[Ni]. The first kappa shape index (κ1) is 34.4. The number of ether oxygens (including phenoxy) is 1. The molecule has 1 heterocycles. The van der Waals surface area contributed by atoms with Crippen LogP contribution in [0.1, 0.15) is 41.2 Å². The van der Waals surface area contributed by atoms with Crippen LogP contribution in [0.4, 0.5) is 14.5 Å². The van der Waals surface area contributed by atoms with Crippen LogP contribution in [-0.2, 0) is 32.6 Å². The second-order valence-electron chi connectivity index (χ2n) is 10.6. The predicted octanol–water partition coefficient (Wildman–Crippen LogP) is 6.51. The predicted molar refractivity (Wildman–Crippen MR) is 166 cm³/mol. The summed E-state index contributed by atoms with van der Waals surface area (Å²) in [5, 5.41) is 25.9. The second-order valence-corrected chi connectivity index (χ2v) is 10.6. The first-order valence-corrected chi connectivity index (χ1v) is 14.5. The number of alkyl halides is 2. The number of nitrogens with zero attached hydrogens (tertiary/aromatic N) is 3. The van der Waals surface area contributed by atoms with Gasteiger partial charge in [0.25, 0.3) is 0 Å². The summed E-state index contributed by atoms with van der Waals surface area (Å²) in [6.45, 7) is -1.81. The van der Waals surface area contributed by atoms with Crippen molar-refractivity contribution < 1.29 is 49.8 Å². The Kier molecular flexibility index (Phi) is 12.1. The van der Waals surface area contributed by atoms with Crippen molar-refractivity contribution in [3.8, 4) is 5.75 Å². The number of carboxylic acids is 1. The number of benzene rings is 4. The van der Waals surface area contributed by atoms with Gasteiger partial charge in [0.2, 0.25) is 0 Å².